The van der Waals surface area contributed by atoms with Crippen molar-refractivity contribution in [3.63, 3.8) is 0 Å². The van der Waals surface area contributed by atoms with E-state index >= 15 is 0 Å². The van der Waals surface area contributed by atoms with Gasteiger partial charge in [0.15, 0.2) is 0 Å². The molecule has 2 rings (SSSR count). The maximum absolute atomic E-state index is 10.7. The van der Waals surface area contributed by atoms with Crippen LogP contribution in [0, 0.1) is 13.8 Å². The van der Waals surface area contributed by atoms with Gasteiger partial charge in [-0.25, -0.2) is 4.98 Å². The summed E-state index contributed by atoms with van der Waals surface area (Å²) in [4.78, 5) is 15.2. The zero-order valence-corrected chi connectivity index (χ0v) is 11.5. The average Bonchev–Trinajstić information content (AvgIpc) is 2.64. The van der Waals surface area contributed by atoms with Gasteiger partial charge in [0.2, 0.25) is 0 Å². The lowest BCUT2D eigenvalue weighted by Crippen LogP contribution is -1.99. The van der Waals surface area contributed by atoms with Gasteiger partial charge < -0.3 is 9.67 Å². The van der Waals surface area contributed by atoms with Crippen molar-refractivity contribution in [1.82, 2.24) is 9.55 Å². The summed E-state index contributed by atoms with van der Waals surface area (Å²) >= 11 is 0. The van der Waals surface area contributed by atoms with Gasteiger partial charge in [-0.05, 0) is 19.9 Å². The van der Waals surface area contributed by atoms with Crippen molar-refractivity contribution in [3.05, 3.63) is 41.2 Å². The van der Waals surface area contributed by atoms with Crippen LogP contribution in [0.15, 0.2) is 24.3 Å². The van der Waals surface area contributed by atoms with Crippen molar-refractivity contribution < 1.29 is 9.90 Å². The van der Waals surface area contributed by atoms with Gasteiger partial charge in [-0.3, -0.25) is 4.79 Å². The van der Waals surface area contributed by atoms with Crippen LogP contribution in [0.3, 0.4) is 0 Å². The van der Waals surface area contributed by atoms with Crippen LogP contribution in [0.1, 0.15) is 23.4 Å². The molecule has 0 amide bonds. The van der Waals surface area contributed by atoms with Crippen molar-refractivity contribution >= 4 is 5.97 Å². The monoisotopic (exact) mass is 258 g/mol. The minimum absolute atomic E-state index is 0.116. The molecular weight excluding hydrogens is 240 g/mol. The summed E-state index contributed by atoms with van der Waals surface area (Å²) in [6.07, 6.45) is 0.589. The first kappa shape index (κ1) is 13.3. The number of carboxylic acids is 1. The summed E-state index contributed by atoms with van der Waals surface area (Å²) in [5.41, 5.74) is 4.14. The Hall–Kier alpha value is -2.10. The minimum atomic E-state index is -0.790. The molecular formula is C15H18N2O2. The Bertz CT molecular complexity index is 615. The van der Waals surface area contributed by atoms with Gasteiger partial charge in [0, 0.05) is 24.7 Å². The first-order valence-corrected chi connectivity index (χ1v) is 6.30. The zero-order valence-electron chi connectivity index (χ0n) is 11.5. The van der Waals surface area contributed by atoms with Crippen molar-refractivity contribution in [1.29, 1.82) is 0 Å². The lowest BCUT2D eigenvalue weighted by atomic mass is 10.1. The van der Waals surface area contributed by atoms with Crippen LogP contribution in [0.2, 0.25) is 0 Å². The molecule has 0 unspecified atom stereocenters. The lowest BCUT2D eigenvalue weighted by Gasteiger charge is -2.03. The van der Waals surface area contributed by atoms with Gasteiger partial charge in [-0.2, -0.15) is 0 Å². The molecule has 2 aromatic rings. The van der Waals surface area contributed by atoms with Crippen LogP contribution in [0.25, 0.3) is 11.4 Å². The number of nitrogens with zero attached hydrogens (tertiary/aromatic N) is 2. The molecule has 0 fully saturated rings. The zero-order chi connectivity index (χ0) is 14.0. The second-order valence-corrected chi connectivity index (χ2v) is 4.79. The van der Waals surface area contributed by atoms with Crippen LogP contribution in [0.4, 0.5) is 0 Å². The quantitative estimate of drug-likeness (QED) is 0.917. The normalized spacial score (nSPS) is 10.7. The van der Waals surface area contributed by atoms with Gasteiger partial charge in [-0.1, -0.05) is 23.8 Å². The molecule has 4 nitrogen and oxygen atoms in total. The molecule has 0 radical (unpaired) electrons. The van der Waals surface area contributed by atoms with E-state index in [0.717, 1.165) is 22.8 Å². The molecule has 0 saturated carbocycles. The SMILES string of the molecule is Cc1cccc(-c2nc(CCC(=O)O)c(C)n2C)c1. The van der Waals surface area contributed by atoms with Crippen LogP contribution in [-0.4, -0.2) is 20.6 Å². The molecule has 0 spiro atoms. The third-order valence-corrected chi connectivity index (χ3v) is 3.33. The van der Waals surface area contributed by atoms with E-state index in [1.807, 2.05) is 43.7 Å². The fourth-order valence-corrected chi connectivity index (χ4v) is 2.14. The number of aliphatic carboxylic acids is 1. The Morgan fingerprint density at radius 2 is 2.11 bits per heavy atom. The van der Waals surface area contributed by atoms with E-state index < -0.39 is 5.97 Å². The molecule has 1 aromatic carbocycles. The van der Waals surface area contributed by atoms with E-state index in [1.165, 1.54) is 5.56 Å². The number of hydrogen-bond acceptors (Lipinski definition) is 2. The summed E-state index contributed by atoms with van der Waals surface area (Å²) in [5, 5.41) is 8.76. The van der Waals surface area contributed by atoms with E-state index in [-0.39, 0.29) is 6.42 Å². The van der Waals surface area contributed by atoms with Gasteiger partial charge in [-0.15, -0.1) is 0 Å². The molecule has 0 saturated heterocycles. The topological polar surface area (TPSA) is 55.1 Å². The summed E-state index contributed by atoms with van der Waals surface area (Å²) < 4.78 is 2.02. The van der Waals surface area contributed by atoms with Crippen LogP contribution < -0.4 is 0 Å². The minimum Gasteiger partial charge on any atom is -0.481 e. The van der Waals surface area contributed by atoms with Crippen LogP contribution >= 0.6 is 0 Å². The lowest BCUT2D eigenvalue weighted by molar-refractivity contribution is -0.136. The Labute approximate surface area is 112 Å². The molecule has 0 aliphatic heterocycles. The highest BCUT2D eigenvalue weighted by molar-refractivity contribution is 5.67. The Morgan fingerprint density at radius 1 is 1.37 bits per heavy atom. The van der Waals surface area contributed by atoms with Crippen molar-refractivity contribution in [2.24, 2.45) is 7.05 Å². The first-order valence-electron chi connectivity index (χ1n) is 6.30. The summed E-state index contributed by atoms with van der Waals surface area (Å²) in [6, 6.07) is 8.16. The Kier molecular flexibility index (Phi) is 3.69. The molecule has 1 aromatic heterocycles. The van der Waals surface area contributed by atoms with E-state index in [0.29, 0.717) is 6.42 Å². The van der Waals surface area contributed by atoms with E-state index in [1.54, 1.807) is 0 Å². The molecule has 0 atom stereocenters. The highest BCUT2D eigenvalue weighted by Gasteiger charge is 2.13. The second-order valence-electron chi connectivity index (χ2n) is 4.79. The highest BCUT2D eigenvalue weighted by atomic mass is 16.4. The Morgan fingerprint density at radius 3 is 2.74 bits per heavy atom. The molecule has 0 aliphatic rings. The summed E-state index contributed by atoms with van der Waals surface area (Å²) in [6.45, 7) is 4.02. The van der Waals surface area contributed by atoms with Crippen LogP contribution in [-0.2, 0) is 18.3 Å². The first-order chi connectivity index (χ1) is 8.99. The molecule has 0 aliphatic carbocycles. The fourth-order valence-electron chi connectivity index (χ4n) is 2.14. The Balaban J connectivity index is 2.37. The fraction of sp³-hybridized carbons (Fsp3) is 0.333. The molecule has 4 heteroatoms. The largest absolute Gasteiger partial charge is 0.481 e. The second kappa shape index (κ2) is 5.26. The standard InChI is InChI=1S/C15H18N2O2/c1-10-5-4-6-12(9-10)15-16-13(7-8-14(18)19)11(2)17(15)3/h4-6,9H,7-8H2,1-3H3,(H,18,19). The summed E-state index contributed by atoms with van der Waals surface area (Å²) in [7, 11) is 1.96. The maximum atomic E-state index is 10.7. The third-order valence-electron chi connectivity index (χ3n) is 3.33. The highest BCUT2D eigenvalue weighted by Crippen LogP contribution is 2.22. The number of aryl methyl sites for hydroxylation is 2. The van der Waals surface area contributed by atoms with E-state index in [9.17, 15) is 4.79 Å². The summed E-state index contributed by atoms with van der Waals surface area (Å²) in [5.74, 6) is 0.101. The molecule has 1 heterocycles. The van der Waals surface area contributed by atoms with Crippen molar-refractivity contribution in [2.75, 3.05) is 0 Å². The van der Waals surface area contributed by atoms with Crippen molar-refractivity contribution in [3.8, 4) is 11.4 Å². The van der Waals surface area contributed by atoms with Gasteiger partial charge in [0.25, 0.3) is 0 Å². The molecule has 1 N–H and O–H groups in total. The molecule has 100 valence electrons. The third kappa shape index (κ3) is 2.84. The molecule has 0 bridgehead atoms. The predicted molar refractivity (Wildman–Crippen MR) is 74.1 cm³/mol. The van der Waals surface area contributed by atoms with Gasteiger partial charge >= 0.3 is 5.97 Å². The number of aromatic nitrogens is 2. The number of carboxylic acid groups (broad SMARTS) is 1. The average molecular weight is 258 g/mol. The van der Waals surface area contributed by atoms with Crippen LogP contribution in [0.5, 0.6) is 0 Å². The number of rotatable bonds is 4. The maximum Gasteiger partial charge on any atom is 0.303 e. The number of imidazole rings is 1. The molecule has 19 heavy (non-hydrogen) atoms. The number of benzene rings is 1. The number of hydrogen-bond donors (Lipinski definition) is 1. The van der Waals surface area contributed by atoms with Gasteiger partial charge in [0.05, 0.1) is 12.1 Å². The van der Waals surface area contributed by atoms with Crippen molar-refractivity contribution in [2.45, 2.75) is 26.7 Å². The smallest absolute Gasteiger partial charge is 0.303 e. The van der Waals surface area contributed by atoms with Gasteiger partial charge in [0.1, 0.15) is 5.82 Å². The van der Waals surface area contributed by atoms with E-state index in [4.69, 9.17) is 5.11 Å². The number of carbonyl (C=O) groups is 1. The predicted octanol–water partition coefficient (Wildman–Crippen LogP) is 2.72. The van der Waals surface area contributed by atoms with E-state index in [2.05, 4.69) is 11.1 Å².